The number of carbonyl (C=O) groups excluding carboxylic acids is 1. The Balaban J connectivity index is 1.76. The van der Waals surface area contributed by atoms with Crippen LogP contribution in [0.4, 0.5) is 34.7 Å². The van der Waals surface area contributed by atoms with Crippen molar-refractivity contribution in [2.24, 2.45) is 0 Å². The van der Waals surface area contributed by atoms with Crippen LogP contribution in [0.5, 0.6) is 0 Å². The van der Waals surface area contributed by atoms with E-state index in [0.717, 1.165) is 23.7 Å². The molecule has 0 saturated heterocycles. The second-order valence-electron chi connectivity index (χ2n) is 8.74. The number of halogens is 3. The predicted octanol–water partition coefficient (Wildman–Crippen LogP) is 3.86. The number of hydrogen-bond acceptors (Lipinski definition) is 10. The Kier molecular flexibility index (Phi) is 10.2. The lowest BCUT2D eigenvalue weighted by Gasteiger charge is -2.23. The van der Waals surface area contributed by atoms with Gasteiger partial charge in [-0.1, -0.05) is 24.3 Å². The van der Waals surface area contributed by atoms with Crippen molar-refractivity contribution < 1.29 is 26.4 Å². The molecule has 3 rings (SSSR count). The van der Waals surface area contributed by atoms with Crippen LogP contribution < -0.4 is 20.7 Å². The fourth-order valence-electron chi connectivity index (χ4n) is 3.72. The van der Waals surface area contributed by atoms with Crippen molar-refractivity contribution in [3.8, 4) is 16.6 Å². The van der Waals surface area contributed by atoms with Crippen LogP contribution >= 0.6 is 11.3 Å². The molecule has 41 heavy (non-hydrogen) atoms. The number of benzene rings is 1. The second-order valence-corrected chi connectivity index (χ2v) is 11.6. The maximum Gasteiger partial charge on any atom is 0.416 e. The van der Waals surface area contributed by atoms with Crippen LogP contribution in [0.2, 0.25) is 0 Å². The first-order valence-corrected chi connectivity index (χ1v) is 14.8. The van der Waals surface area contributed by atoms with Crippen LogP contribution in [-0.4, -0.2) is 67.2 Å². The molecular weight excluding hydrogens is 583 g/mol. The van der Waals surface area contributed by atoms with Crippen molar-refractivity contribution in [3.05, 3.63) is 46.8 Å². The van der Waals surface area contributed by atoms with E-state index in [1.54, 1.807) is 25.8 Å². The molecule has 0 unspecified atom stereocenters. The Hall–Kier alpha value is -3.85. The summed E-state index contributed by atoms with van der Waals surface area (Å²) < 4.78 is 66.6. The van der Waals surface area contributed by atoms with Crippen LogP contribution in [0.1, 0.15) is 29.3 Å². The molecular formula is C24H28F3N9O3S2. The zero-order valence-electron chi connectivity index (χ0n) is 22.5. The number of aryl methyl sites for hydroxylation is 1. The van der Waals surface area contributed by atoms with Gasteiger partial charge >= 0.3 is 12.2 Å². The average Bonchev–Trinajstić information content (AvgIpc) is 3.26. The van der Waals surface area contributed by atoms with E-state index < -0.39 is 27.8 Å². The molecule has 0 spiro atoms. The lowest BCUT2D eigenvalue weighted by molar-refractivity contribution is -0.138. The first kappa shape index (κ1) is 31.7. The summed E-state index contributed by atoms with van der Waals surface area (Å²) in [5, 5.41) is 17.3. The van der Waals surface area contributed by atoms with Gasteiger partial charge in [0.1, 0.15) is 11.8 Å². The number of sulfonamides is 1. The number of nitrogens with zero attached hydrogens (tertiary/aromatic N) is 5. The average molecular weight is 612 g/mol. The number of alkyl halides is 3. The minimum absolute atomic E-state index is 0.0241. The maximum atomic E-state index is 13.9. The number of hydrogen-bond donors (Lipinski definition) is 4. The van der Waals surface area contributed by atoms with Crippen LogP contribution in [0.25, 0.3) is 10.6 Å². The van der Waals surface area contributed by atoms with E-state index in [9.17, 15) is 31.6 Å². The van der Waals surface area contributed by atoms with E-state index in [1.807, 2.05) is 6.07 Å². The monoisotopic (exact) mass is 611 g/mol. The molecule has 0 aliphatic heterocycles. The minimum Gasteiger partial charge on any atom is -0.357 e. The fraction of sp³-hybridized carbons (Fsp3) is 0.375. The smallest absolute Gasteiger partial charge is 0.357 e. The maximum absolute atomic E-state index is 13.9. The van der Waals surface area contributed by atoms with Crippen molar-refractivity contribution in [3.63, 3.8) is 0 Å². The van der Waals surface area contributed by atoms with Crippen LogP contribution in [0.3, 0.4) is 0 Å². The third kappa shape index (κ3) is 8.82. The number of nitriles is 1. The number of aromatic nitrogens is 3. The van der Waals surface area contributed by atoms with E-state index >= 15 is 0 Å². The number of rotatable bonds is 11. The lowest BCUT2D eigenvalue weighted by atomic mass is 10.1. The van der Waals surface area contributed by atoms with Gasteiger partial charge in [-0.3, -0.25) is 10.2 Å². The molecule has 3 aromatic rings. The van der Waals surface area contributed by atoms with Gasteiger partial charge in [0.25, 0.3) is 0 Å². The Bertz CT molecular complexity index is 1550. The highest BCUT2D eigenvalue weighted by molar-refractivity contribution is 7.88. The van der Waals surface area contributed by atoms with Gasteiger partial charge in [-0.2, -0.15) is 18.4 Å². The highest BCUT2D eigenvalue weighted by Crippen LogP contribution is 2.36. The first-order chi connectivity index (χ1) is 19.2. The molecule has 17 heteroatoms. The Morgan fingerprint density at radius 3 is 2.56 bits per heavy atom. The molecule has 0 bridgehead atoms. The Morgan fingerprint density at radius 1 is 1.22 bits per heavy atom. The zero-order chi connectivity index (χ0) is 30.4. The van der Waals surface area contributed by atoms with E-state index in [-0.39, 0.29) is 47.5 Å². The first-order valence-electron chi connectivity index (χ1n) is 12.1. The predicted molar refractivity (Wildman–Crippen MR) is 150 cm³/mol. The highest BCUT2D eigenvalue weighted by atomic mass is 32.2. The third-order valence-corrected chi connectivity index (χ3v) is 7.48. The number of thiazole rings is 1. The number of amides is 2. The van der Waals surface area contributed by atoms with Gasteiger partial charge in [0.15, 0.2) is 5.13 Å². The SMILES string of the molecule is CCN(CCNS(C)(=O)=O)Cc1ccc(NC(=O)Nc2nc(C)c(-c3nc(NC)ncc3C#N)s2)cc1C(F)(F)F. The van der Waals surface area contributed by atoms with E-state index in [4.69, 9.17) is 0 Å². The number of carbonyl (C=O) groups is 1. The van der Waals surface area contributed by atoms with Crippen LogP contribution in [0, 0.1) is 18.3 Å². The van der Waals surface area contributed by atoms with Crippen molar-refractivity contribution in [1.82, 2.24) is 24.6 Å². The van der Waals surface area contributed by atoms with E-state index in [1.165, 1.54) is 18.3 Å². The van der Waals surface area contributed by atoms with Crippen LogP contribution in [0.15, 0.2) is 24.4 Å². The molecule has 1 aromatic carbocycles. The van der Waals surface area contributed by atoms with Gasteiger partial charge in [-0.05, 0) is 31.2 Å². The third-order valence-electron chi connectivity index (χ3n) is 5.67. The number of likely N-dealkylation sites (N-methyl/N-ethyl adjacent to an activating group) is 1. The molecule has 220 valence electrons. The van der Waals surface area contributed by atoms with E-state index in [2.05, 4.69) is 35.6 Å². The summed E-state index contributed by atoms with van der Waals surface area (Å²) >= 11 is 1.05. The molecule has 12 nitrogen and oxygen atoms in total. The van der Waals surface area contributed by atoms with E-state index in [0.29, 0.717) is 22.8 Å². The normalized spacial score (nSPS) is 11.8. The molecule has 2 amide bonds. The molecule has 2 heterocycles. The standard InChI is InChI=1S/C24H28F3N9O3S2/c1-5-36(9-8-31-41(4,38)39)13-15-6-7-17(10-18(15)24(25,26)27)33-22(37)35-23-32-14(2)20(40-23)19-16(11-28)12-30-21(29-3)34-19/h6-7,10,12,31H,5,8-9,13H2,1-4H3,(H,29,30,34)(H2,32,33,35,37). The molecule has 4 N–H and O–H groups in total. The van der Waals surface area contributed by atoms with Crippen molar-refractivity contribution in [1.29, 1.82) is 5.26 Å². The minimum atomic E-state index is -4.70. The summed E-state index contributed by atoms with van der Waals surface area (Å²) in [6.45, 7) is 4.00. The van der Waals surface area contributed by atoms with Gasteiger partial charge in [0.05, 0.1) is 34.2 Å². The molecule has 0 radical (unpaired) electrons. The summed E-state index contributed by atoms with van der Waals surface area (Å²) in [5.74, 6) is 0.288. The molecule has 0 fully saturated rings. The summed E-state index contributed by atoms with van der Waals surface area (Å²) in [5.41, 5.74) is -0.0170. The topological polar surface area (TPSA) is 165 Å². The molecule has 0 aliphatic rings. The summed E-state index contributed by atoms with van der Waals surface area (Å²) in [7, 11) is -1.80. The number of nitrogens with one attached hydrogen (secondary N) is 4. The second kappa shape index (κ2) is 13.2. The quantitative estimate of drug-likeness (QED) is 0.252. The highest BCUT2D eigenvalue weighted by Gasteiger charge is 2.34. The summed E-state index contributed by atoms with van der Waals surface area (Å²) in [6.07, 6.45) is -2.33. The number of anilines is 3. The fourth-order valence-corrected chi connectivity index (χ4v) is 5.15. The number of urea groups is 1. The van der Waals surface area contributed by atoms with Crippen molar-refractivity contribution >= 4 is 44.2 Å². The largest absolute Gasteiger partial charge is 0.416 e. The van der Waals surface area contributed by atoms with Crippen molar-refractivity contribution in [2.45, 2.75) is 26.6 Å². The van der Waals surface area contributed by atoms with Gasteiger partial charge in [0, 0.05) is 32.4 Å². The Morgan fingerprint density at radius 2 is 1.95 bits per heavy atom. The zero-order valence-corrected chi connectivity index (χ0v) is 24.2. The Labute approximate surface area is 239 Å². The molecule has 2 aromatic heterocycles. The van der Waals surface area contributed by atoms with Gasteiger partial charge in [-0.25, -0.2) is 32.9 Å². The lowest BCUT2D eigenvalue weighted by Crippen LogP contribution is -2.34. The summed E-state index contributed by atoms with van der Waals surface area (Å²) in [6, 6.07) is 4.67. The van der Waals surface area contributed by atoms with Gasteiger partial charge in [-0.15, -0.1) is 0 Å². The van der Waals surface area contributed by atoms with Gasteiger partial charge < -0.3 is 10.6 Å². The van der Waals surface area contributed by atoms with Crippen LogP contribution in [-0.2, 0) is 22.7 Å². The van der Waals surface area contributed by atoms with Gasteiger partial charge in [0.2, 0.25) is 16.0 Å². The summed E-state index contributed by atoms with van der Waals surface area (Å²) in [4.78, 5) is 27.4. The molecule has 0 saturated carbocycles. The molecule has 0 atom stereocenters. The molecule has 0 aliphatic carbocycles. The van der Waals surface area contributed by atoms with Crippen molar-refractivity contribution in [2.75, 3.05) is 48.9 Å².